The van der Waals surface area contributed by atoms with Gasteiger partial charge in [0.1, 0.15) is 0 Å². The number of hydrogen-bond donors (Lipinski definition) is 1. The number of hydrogen-bond acceptors (Lipinski definition) is 4. The van der Waals surface area contributed by atoms with Gasteiger partial charge in [-0.25, -0.2) is 8.42 Å². The van der Waals surface area contributed by atoms with E-state index in [0.717, 1.165) is 24.9 Å². The summed E-state index contributed by atoms with van der Waals surface area (Å²) in [5, 5.41) is 7.42. The lowest BCUT2D eigenvalue weighted by Crippen LogP contribution is -2.35. The maximum absolute atomic E-state index is 12.5. The van der Waals surface area contributed by atoms with Crippen molar-refractivity contribution in [2.24, 2.45) is 0 Å². The van der Waals surface area contributed by atoms with Crippen molar-refractivity contribution in [1.29, 1.82) is 0 Å². The first-order valence-electron chi connectivity index (χ1n) is 7.39. The van der Waals surface area contributed by atoms with E-state index in [0.29, 0.717) is 19.0 Å². The molecule has 3 rings (SSSR count). The van der Waals surface area contributed by atoms with Crippen molar-refractivity contribution in [3.8, 4) is 0 Å². The van der Waals surface area contributed by atoms with Gasteiger partial charge in [0.15, 0.2) is 0 Å². The number of rotatable bonds is 9. The molecule has 0 unspecified atom stereocenters. The summed E-state index contributed by atoms with van der Waals surface area (Å²) in [5.41, 5.74) is 1.11. The maximum Gasteiger partial charge on any atom is 0.214 e. The fourth-order valence-electron chi connectivity index (χ4n) is 2.35. The Bertz CT molecular complexity index is 519. The van der Waals surface area contributed by atoms with Crippen LogP contribution in [0.1, 0.15) is 37.7 Å². The standard InChI is InChI=1S/C14H22N2O2S2/c17-20(18,9-1-7-15-13-2-3-13)16(14-4-5-14)10-12-6-8-19-11-12/h6,8,11,13-15H,1-5,7,9-10H2. The molecule has 1 aromatic heterocycles. The molecule has 0 radical (unpaired) electrons. The zero-order valence-electron chi connectivity index (χ0n) is 11.6. The van der Waals surface area contributed by atoms with Gasteiger partial charge in [0.2, 0.25) is 10.0 Å². The Kier molecular flexibility index (Phi) is 4.45. The quantitative estimate of drug-likeness (QED) is 0.711. The van der Waals surface area contributed by atoms with Gasteiger partial charge in [-0.1, -0.05) is 0 Å². The summed E-state index contributed by atoms with van der Waals surface area (Å²) in [7, 11) is -3.11. The predicted molar refractivity (Wildman–Crippen MR) is 82.3 cm³/mol. The number of nitrogens with one attached hydrogen (secondary N) is 1. The van der Waals surface area contributed by atoms with E-state index in [1.807, 2.05) is 16.8 Å². The molecule has 0 bridgehead atoms. The monoisotopic (exact) mass is 314 g/mol. The number of nitrogens with zero attached hydrogens (tertiary/aromatic N) is 1. The first-order valence-corrected chi connectivity index (χ1v) is 9.94. The van der Waals surface area contributed by atoms with Gasteiger partial charge < -0.3 is 5.32 Å². The Morgan fingerprint density at radius 3 is 2.70 bits per heavy atom. The Morgan fingerprint density at radius 2 is 2.10 bits per heavy atom. The molecule has 2 saturated carbocycles. The zero-order valence-corrected chi connectivity index (χ0v) is 13.3. The highest BCUT2D eigenvalue weighted by Gasteiger charge is 2.36. The van der Waals surface area contributed by atoms with Crippen LogP contribution in [-0.2, 0) is 16.6 Å². The Balaban J connectivity index is 1.54. The molecule has 6 heteroatoms. The van der Waals surface area contributed by atoms with Crippen LogP contribution in [0, 0.1) is 0 Å². The summed E-state index contributed by atoms with van der Waals surface area (Å²) in [5.74, 6) is 0.271. The lowest BCUT2D eigenvalue weighted by atomic mass is 10.3. The van der Waals surface area contributed by atoms with E-state index in [2.05, 4.69) is 5.32 Å². The normalized spacial score (nSPS) is 19.6. The minimum atomic E-state index is -3.11. The SMILES string of the molecule is O=S(=O)(CCCNC1CC1)N(Cc1ccsc1)C1CC1. The molecular weight excluding hydrogens is 292 g/mol. The Morgan fingerprint density at radius 1 is 1.30 bits per heavy atom. The van der Waals surface area contributed by atoms with Crippen molar-refractivity contribution in [2.45, 2.75) is 50.7 Å². The molecule has 0 aliphatic heterocycles. The van der Waals surface area contributed by atoms with Crippen LogP contribution < -0.4 is 5.32 Å². The van der Waals surface area contributed by atoms with Crippen LogP contribution in [0.5, 0.6) is 0 Å². The highest BCUT2D eigenvalue weighted by Crippen LogP contribution is 2.31. The first kappa shape index (κ1) is 14.5. The van der Waals surface area contributed by atoms with Crippen LogP contribution in [0.15, 0.2) is 16.8 Å². The molecule has 1 heterocycles. The average Bonchev–Trinajstić information content (AvgIpc) is 3.33. The summed E-state index contributed by atoms with van der Waals surface area (Å²) < 4.78 is 26.7. The lowest BCUT2D eigenvalue weighted by molar-refractivity contribution is 0.398. The minimum absolute atomic E-state index is 0.247. The van der Waals surface area contributed by atoms with Gasteiger partial charge in [-0.3, -0.25) is 0 Å². The van der Waals surface area contributed by atoms with Crippen LogP contribution in [0.2, 0.25) is 0 Å². The van der Waals surface area contributed by atoms with E-state index >= 15 is 0 Å². The van der Waals surface area contributed by atoms with E-state index in [9.17, 15) is 8.42 Å². The Hall–Kier alpha value is -0.430. The maximum atomic E-state index is 12.5. The molecule has 0 spiro atoms. The van der Waals surface area contributed by atoms with Gasteiger partial charge in [-0.15, -0.1) is 0 Å². The third-order valence-electron chi connectivity index (χ3n) is 3.82. The topological polar surface area (TPSA) is 49.4 Å². The molecule has 0 amide bonds. The minimum Gasteiger partial charge on any atom is -0.314 e. The van der Waals surface area contributed by atoms with Gasteiger partial charge in [-0.2, -0.15) is 15.6 Å². The molecule has 1 aromatic rings. The van der Waals surface area contributed by atoms with Crippen molar-refractivity contribution in [3.05, 3.63) is 22.4 Å². The van der Waals surface area contributed by atoms with Gasteiger partial charge >= 0.3 is 0 Å². The Labute approximate surface area is 125 Å². The van der Waals surface area contributed by atoms with Crippen LogP contribution in [0.3, 0.4) is 0 Å². The van der Waals surface area contributed by atoms with Crippen LogP contribution >= 0.6 is 11.3 Å². The molecule has 0 atom stereocenters. The molecule has 0 saturated heterocycles. The fourth-order valence-corrected chi connectivity index (χ4v) is 4.76. The van der Waals surface area contributed by atoms with Crippen molar-refractivity contribution in [2.75, 3.05) is 12.3 Å². The van der Waals surface area contributed by atoms with E-state index < -0.39 is 10.0 Å². The third kappa shape index (κ3) is 4.04. The summed E-state index contributed by atoms with van der Waals surface area (Å²) in [6.07, 6.45) is 5.25. The molecule has 112 valence electrons. The van der Waals surface area contributed by atoms with Crippen LogP contribution in [0.25, 0.3) is 0 Å². The van der Waals surface area contributed by atoms with E-state index in [1.54, 1.807) is 15.6 Å². The molecule has 20 heavy (non-hydrogen) atoms. The van der Waals surface area contributed by atoms with E-state index in [-0.39, 0.29) is 11.8 Å². The van der Waals surface area contributed by atoms with Crippen molar-refractivity contribution in [3.63, 3.8) is 0 Å². The molecule has 2 fully saturated rings. The van der Waals surface area contributed by atoms with Crippen molar-refractivity contribution >= 4 is 21.4 Å². The molecule has 0 aromatic carbocycles. The first-order chi connectivity index (χ1) is 9.65. The van der Waals surface area contributed by atoms with Gasteiger partial charge in [-0.05, 0) is 61.0 Å². The van der Waals surface area contributed by atoms with Crippen molar-refractivity contribution in [1.82, 2.24) is 9.62 Å². The summed E-state index contributed by atoms with van der Waals surface area (Å²) in [6, 6.07) is 2.92. The second-order valence-corrected chi connectivity index (χ2v) is 8.63. The third-order valence-corrected chi connectivity index (χ3v) is 6.50. The smallest absolute Gasteiger partial charge is 0.214 e. The van der Waals surface area contributed by atoms with Gasteiger partial charge in [0, 0.05) is 18.6 Å². The average molecular weight is 314 g/mol. The number of sulfonamides is 1. The second kappa shape index (κ2) is 6.13. The van der Waals surface area contributed by atoms with E-state index in [1.165, 1.54) is 12.8 Å². The highest BCUT2D eigenvalue weighted by atomic mass is 32.2. The van der Waals surface area contributed by atoms with Crippen LogP contribution in [-0.4, -0.2) is 37.1 Å². The number of thiophene rings is 1. The molecule has 4 nitrogen and oxygen atoms in total. The largest absolute Gasteiger partial charge is 0.314 e. The summed E-state index contributed by atoms with van der Waals surface area (Å²) in [4.78, 5) is 0. The molecule has 2 aliphatic rings. The second-order valence-electron chi connectivity index (χ2n) is 5.81. The summed E-state index contributed by atoms with van der Waals surface area (Å²) in [6.45, 7) is 1.37. The van der Waals surface area contributed by atoms with Gasteiger partial charge in [0.25, 0.3) is 0 Å². The van der Waals surface area contributed by atoms with Crippen molar-refractivity contribution < 1.29 is 8.42 Å². The van der Waals surface area contributed by atoms with Gasteiger partial charge in [0.05, 0.1) is 5.75 Å². The lowest BCUT2D eigenvalue weighted by Gasteiger charge is -2.21. The summed E-state index contributed by atoms with van der Waals surface area (Å²) >= 11 is 1.62. The van der Waals surface area contributed by atoms with Crippen LogP contribution in [0.4, 0.5) is 0 Å². The van der Waals surface area contributed by atoms with E-state index in [4.69, 9.17) is 0 Å². The molecule has 1 N–H and O–H groups in total. The predicted octanol–water partition coefficient (Wildman–Crippen LogP) is 2.18. The molecular formula is C14H22N2O2S2. The zero-order chi connectivity index (χ0) is 14.0. The molecule has 2 aliphatic carbocycles. The highest BCUT2D eigenvalue weighted by molar-refractivity contribution is 7.89. The fraction of sp³-hybridized carbons (Fsp3) is 0.714.